The Morgan fingerprint density at radius 1 is 1.40 bits per heavy atom. The van der Waals surface area contributed by atoms with E-state index in [2.05, 4.69) is 5.32 Å². The molecule has 0 bridgehead atoms. The predicted octanol–water partition coefficient (Wildman–Crippen LogP) is 3.57. The summed E-state index contributed by atoms with van der Waals surface area (Å²) in [5.74, 6) is 0.479. The number of nitro benzene ring substituents is 1. The quantitative estimate of drug-likeness (QED) is 0.643. The highest BCUT2D eigenvalue weighted by molar-refractivity contribution is 6.31. The number of nitrogens with zero attached hydrogens (tertiary/aromatic N) is 1. The minimum atomic E-state index is -0.396. The van der Waals surface area contributed by atoms with Gasteiger partial charge in [0.25, 0.3) is 5.69 Å². The lowest BCUT2D eigenvalue weighted by Crippen LogP contribution is -2.37. The number of hydrogen-bond acceptors (Lipinski definition) is 4. The van der Waals surface area contributed by atoms with Crippen molar-refractivity contribution in [3.63, 3.8) is 0 Å². The Morgan fingerprint density at radius 2 is 2.10 bits per heavy atom. The Labute approximate surface area is 123 Å². The van der Waals surface area contributed by atoms with E-state index in [1.165, 1.54) is 31.4 Å². The Morgan fingerprint density at radius 3 is 2.70 bits per heavy atom. The molecule has 6 heteroatoms. The Bertz CT molecular complexity index is 475. The fourth-order valence-corrected chi connectivity index (χ4v) is 3.06. The topological polar surface area (TPSA) is 81.2 Å². The van der Waals surface area contributed by atoms with Gasteiger partial charge in [0.15, 0.2) is 0 Å². The second-order valence-corrected chi connectivity index (χ2v) is 5.74. The molecule has 1 unspecified atom stereocenters. The van der Waals surface area contributed by atoms with Gasteiger partial charge in [0, 0.05) is 23.7 Å². The smallest absolute Gasteiger partial charge is 0.292 e. The number of nitro groups is 1. The average Bonchev–Trinajstić information content (AvgIpc) is 2.45. The maximum Gasteiger partial charge on any atom is 0.292 e. The SMILES string of the molecule is NCC(Nc1cc(Cl)ccc1[N+](=O)[O-])C1CCCCC1. The summed E-state index contributed by atoms with van der Waals surface area (Å²) in [5, 5.41) is 14.8. The molecule has 1 saturated carbocycles. The van der Waals surface area contributed by atoms with Crippen molar-refractivity contribution >= 4 is 23.0 Å². The second-order valence-electron chi connectivity index (χ2n) is 5.30. The first-order valence-corrected chi connectivity index (χ1v) is 7.40. The summed E-state index contributed by atoms with van der Waals surface area (Å²) in [5.41, 5.74) is 6.36. The van der Waals surface area contributed by atoms with Crippen LogP contribution in [-0.2, 0) is 0 Å². The lowest BCUT2D eigenvalue weighted by atomic mass is 9.84. The third-order valence-corrected chi connectivity index (χ3v) is 4.20. The zero-order valence-electron chi connectivity index (χ0n) is 11.3. The zero-order valence-corrected chi connectivity index (χ0v) is 12.1. The van der Waals surface area contributed by atoms with Gasteiger partial charge in [0.05, 0.1) is 4.92 Å². The molecule has 1 aromatic carbocycles. The van der Waals surface area contributed by atoms with E-state index in [1.54, 1.807) is 6.07 Å². The molecular formula is C14H20ClN3O2. The van der Waals surface area contributed by atoms with Gasteiger partial charge >= 0.3 is 0 Å². The summed E-state index contributed by atoms with van der Waals surface area (Å²) in [4.78, 5) is 10.7. The molecule has 5 nitrogen and oxygen atoms in total. The van der Waals surface area contributed by atoms with Crippen molar-refractivity contribution in [3.05, 3.63) is 33.3 Å². The van der Waals surface area contributed by atoms with Gasteiger partial charge in [-0.05, 0) is 30.9 Å². The molecule has 110 valence electrons. The van der Waals surface area contributed by atoms with Gasteiger partial charge < -0.3 is 11.1 Å². The van der Waals surface area contributed by atoms with E-state index >= 15 is 0 Å². The molecule has 1 aromatic rings. The van der Waals surface area contributed by atoms with Crippen molar-refractivity contribution in [2.45, 2.75) is 38.1 Å². The zero-order chi connectivity index (χ0) is 14.5. The van der Waals surface area contributed by atoms with Crippen LogP contribution in [0, 0.1) is 16.0 Å². The van der Waals surface area contributed by atoms with Crippen LogP contribution in [0.15, 0.2) is 18.2 Å². The second kappa shape index (κ2) is 6.90. The molecule has 1 aliphatic rings. The van der Waals surface area contributed by atoms with E-state index in [4.69, 9.17) is 17.3 Å². The number of nitrogens with two attached hydrogens (primary N) is 1. The van der Waals surface area contributed by atoms with E-state index in [-0.39, 0.29) is 11.7 Å². The maximum atomic E-state index is 11.1. The third kappa shape index (κ3) is 3.61. The Hall–Kier alpha value is -1.33. The van der Waals surface area contributed by atoms with Crippen molar-refractivity contribution < 1.29 is 4.92 Å². The van der Waals surface area contributed by atoms with Gasteiger partial charge in [-0.15, -0.1) is 0 Å². The number of halogens is 1. The molecule has 2 rings (SSSR count). The van der Waals surface area contributed by atoms with Crippen LogP contribution in [0.1, 0.15) is 32.1 Å². The highest BCUT2D eigenvalue weighted by Crippen LogP contribution is 2.32. The first kappa shape index (κ1) is 15.1. The fourth-order valence-electron chi connectivity index (χ4n) is 2.89. The largest absolute Gasteiger partial charge is 0.375 e. The molecule has 1 atom stereocenters. The van der Waals surface area contributed by atoms with E-state index in [0.717, 1.165) is 12.8 Å². The van der Waals surface area contributed by atoms with E-state index in [0.29, 0.717) is 23.2 Å². The molecule has 3 N–H and O–H groups in total. The highest BCUT2D eigenvalue weighted by Gasteiger charge is 2.25. The van der Waals surface area contributed by atoms with Gasteiger partial charge in [-0.2, -0.15) is 0 Å². The molecule has 0 aromatic heterocycles. The lowest BCUT2D eigenvalue weighted by molar-refractivity contribution is -0.384. The van der Waals surface area contributed by atoms with E-state index in [9.17, 15) is 10.1 Å². The molecule has 0 amide bonds. The highest BCUT2D eigenvalue weighted by atomic mass is 35.5. The monoisotopic (exact) mass is 297 g/mol. The molecular weight excluding hydrogens is 278 g/mol. The summed E-state index contributed by atoms with van der Waals surface area (Å²) >= 11 is 5.94. The van der Waals surface area contributed by atoms with Crippen molar-refractivity contribution in [2.75, 3.05) is 11.9 Å². The molecule has 20 heavy (non-hydrogen) atoms. The average molecular weight is 298 g/mol. The van der Waals surface area contributed by atoms with Crippen molar-refractivity contribution in [1.82, 2.24) is 0 Å². The van der Waals surface area contributed by atoms with Crippen LogP contribution in [0.5, 0.6) is 0 Å². The molecule has 0 radical (unpaired) electrons. The molecule has 0 heterocycles. The van der Waals surface area contributed by atoms with Crippen molar-refractivity contribution in [1.29, 1.82) is 0 Å². The summed E-state index contributed by atoms with van der Waals surface area (Å²) in [6.07, 6.45) is 5.94. The van der Waals surface area contributed by atoms with Crippen LogP contribution in [0.4, 0.5) is 11.4 Å². The van der Waals surface area contributed by atoms with E-state index < -0.39 is 4.92 Å². The number of nitrogens with one attached hydrogen (secondary N) is 1. The van der Waals surface area contributed by atoms with Crippen LogP contribution < -0.4 is 11.1 Å². The van der Waals surface area contributed by atoms with Crippen LogP contribution in [0.25, 0.3) is 0 Å². The van der Waals surface area contributed by atoms with Crippen molar-refractivity contribution in [2.24, 2.45) is 11.7 Å². The number of benzene rings is 1. The molecule has 0 aliphatic heterocycles. The van der Waals surface area contributed by atoms with Gasteiger partial charge in [-0.1, -0.05) is 30.9 Å². The van der Waals surface area contributed by atoms with Crippen LogP contribution in [0.3, 0.4) is 0 Å². The molecule has 0 spiro atoms. The number of hydrogen-bond donors (Lipinski definition) is 2. The predicted molar refractivity (Wildman–Crippen MR) is 81.1 cm³/mol. The fraction of sp³-hybridized carbons (Fsp3) is 0.571. The van der Waals surface area contributed by atoms with E-state index in [1.807, 2.05) is 0 Å². The Kier molecular flexibility index (Phi) is 5.20. The minimum Gasteiger partial charge on any atom is -0.375 e. The van der Waals surface area contributed by atoms with Gasteiger partial charge in [0.2, 0.25) is 0 Å². The first-order valence-electron chi connectivity index (χ1n) is 7.02. The normalized spacial score (nSPS) is 17.7. The van der Waals surface area contributed by atoms with Gasteiger partial charge in [0.1, 0.15) is 5.69 Å². The number of rotatable bonds is 5. The van der Waals surface area contributed by atoms with Crippen molar-refractivity contribution in [3.8, 4) is 0 Å². The Balaban J connectivity index is 2.17. The molecule has 0 saturated heterocycles. The summed E-state index contributed by atoms with van der Waals surface area (Å²) in [6.45, 7) is 0.467. The minimum absolute atomic E-state index is 0.0451. The van der Waals surface area contributed by atoms with Crippen LogP contribution >= 0.6 is 11.6 Å². The van der Waals surface area contributed by atoms with Crippen LogP contribution in [0.2, 0.25) is 5.02 Å². The standard InChI is InChI=1S/C14H20ClN3O2/c15-11-6-7-14(18(19)20)12(8-11)17-13(9-16)10-4-2-1-3-5-10/h6-8,10,13,17H,1-5,9,16H2. The number of anilines is 1. The summed E-state index contributed by atoms with van der Waals surface area (Å²) in [7, 11) is 0. The van der Waals surface area contributed by atoms with Gasteiger partial charge in [-0.25, -0.2) is 0 Å². The molecule has 1 aliphatic carbocycles. The molecule has 1 fully saturated rings. The maximum absolute atomic E-state index is 11.1. The van der Waals surface area contributed by atoms with Crippen LogP contribution in [-0.4, -0.2) is 17.5 Å². The van der Waals surface area contributed by atoms with Gasteiger partial charge in [-0.3, -0.25) is 10.1 Å². The summed E-state index contributed by atoms with van der Waals surface area (Å²) in [6, 6.07) is 4.63. The first-order chi connectivity index (χ1) is 9.61. The summed E-state index contributed by atoms with van der Waals surface area (Å²) < 4.78 is 0. The third-order valence-electron chi connectivity index (χ3n) is 3.97. The lowest BCUT2D eigenvalue weighted by Gasteiger charge is -2.30.